The zero-order valence-electron chi connectivity index (χ0n) is 19.0. The number of halogens is 1. The minimum atomic E-state index is 0. The summed E-state index contributed by atoms with van der Waals surface area (Å²) in [5, 5.41) is 15.4. The molecule has 7 nitrogen and oxygen atoms in total. The summed E-state index contributed by atoms with van der Waals surface area (Å²) in [6.45, 7) is 12.0. The van der Waals surface area contributed by atoms with E-state index >= 15 is 0 Å². The Morgan fingerprint density at radius 1 is 0.968 bits per heavy atom. The first kappa shape index (κ1) is 24.6. The van der Waals surface area contributed by atoms with Gasteiger partial charge in [-0.25, -0.2) is 0 Å². The number of hydrogen-bond donors (Lipinski definition) is 1. The van der Waals surface area contributed by atoms with E-state index in [-0.39, 0.29) is 29.4 Å². The second kappa shape index (κ2) is 10.1. The van der Waals surface area contributed by atoms with Crippen LogP contribution in [-0.4, -0.2) is 32.9 Å². The van der Waals surface area contributed by atoms with Crippen molar-refractivity contribution in [3.8, 4) is 23.2 Å². The van der Waals surface area contributed by atoms with Gasteiger partial charge in [-0.3, -0.25) is 0 Å². The molecule has 0 aliphatic rings. The lowest BCUT2D eigenvalue weighted by Gasteiger charge is -2.33. The molecule has 168 valence electrons. The molecule has 0 atom stereocenters. The molecule has 0 unspecified atom stereocenters. The lowest BCUT2D eigenvalue weighted by molar-refractivity contribution is -0.00000920. The fraction of sp³-hybridized carbons (Fsp3) is 0.435. The molecule has 2 aromatic carbocycles. The maximum absolute atomic E-state index is 5.97. The fourth-order valence-electron chi connectivity index (χ4n) is 3.71. The predicted molar refractivity (Wildman–Crippen MR) is 117 cm³/mol. The lowest BCUT2D eigenvalue weighted by atomic mass is 9.82. The lowest BCUT2D eigenvalue weighted by Crippen LogP contribution is -3.00. The van der Waals surface area contributed by atoms with Crippen LogP contribution in [0.4, 0.5) is 0 Å². The van der Waals surface area contributed by atoms with Gasteiger partial charge in [0.15, 0.2) is 11.5 Å². The van der Waals surface area contributed by atoms with Crippen LogP contribution in [-0.2, 0) is 6.54 Å². The van der Waals surface area contributed by atoms with Gasteiger partial charge in [-0.15, -0.1) is 0 Å². The third-order valence-corrected chi connectivity index (χ3v) is 4.61. The molecule has 1 aromatic heterocycles. The predicted octanol–water partition coefficient (Wildman–Crippen LogP) is 1.77. The molecule has 0 saturated heterocycles. The summed E-state index contributed by atoms with van der Waals surface area (Å²) in [6, 6.07) is 15.8. The highest BCUT2D eigenvalue weighted by molar-refractivity contribution is 5.44. The van der Waals surface area contributed by atoms with E-state index in [1.807, 2.05) is 48.5 Å². The minimum absolute atomic E-state index is 0. The van der Waals surface area contributed by atoms with E-state index in [0.717, 1.165) is 24.2 Å². The van der Waals surface area contributed by atoms with Crippen LogP contribution in [0.2, 0.25) is 0 Å². The molecule has 8 heteroatoms. The first-order valence-corrected chi connectivity index (χ1v) is 10.1. The number of aromatic nitrogens is 4. The van der Waals surface area contributed by atoms with Crippen LogP contribution in [0.1, 0.15) is 46.6 Å². The first-order chi connectivity index (χ1) is 14.2. The first-order valence-electron chi connectivity index (χ1n) is 10.1. The number of nitrogens with one attached hydrogen (secondary N) is 1. The van der Waals surface area contributed by atoms with Crippen molar-refractivity contribution in [2.75, 3.05) is 7.11 Å². The number of methoxy groups -OCH3 is 1. The van der Waals surface area contributed by atoms with Gasteiger partial charge in [-0.2, -0.15) is 4.68 Å². The van der Waals surface area contributed by atoms with Crippen LogP contribution in [0.15, 0.2) is 48.5 Å². The van der Waals surface area contributed by atoms with Crippen LogP contribution < -0.4 is 27.2 Å². The summed E-state index contributed by atoms with van der Waals surface area (Å²) in [4.78, 5) is 0. The van der Waals surface area contributed by atoms with Crippen molar-refractivity contribution in [2.45, 2.75) is 53.1 Å². The number of hydrogen-bond acceptors (Lipinski definition) is 6. The van der Waals surface area contributed by atoms with Crippen molar-refractivity contribution >= 4 is 0 Å². The number of benzene rings is 2. The summed E-state index contributed by atoms with van der Waals surface area (Å²) < 4.78 is 13.1. The van der Waals surface area contributed by atoms with E-state index in [2.05, 4.69) is 55.5 Å². The van der Waals surface area contributed by atoms with E-state index in [0.29, 0.717) is 11.5 Å². The average molecular weight is 445 g/mol. The monoisotopic (exact) mass is 444 g/mol. The maximum atomic E-state index is 5.97. The summed E-state index contributed by atoms with van der Waals surface area (Å²) >= 11 is 0. The zero-order valence-corrected chi connectivity index (χ0v) is 19.8. The van der Waals surface area contributed by atoms with E-state index in [9.17, 15) is 0 Å². The van der Waals surface area contributed by atoms with E-state index in [4.69, 9.17) is 9.47 Å². The topological polar surface area (TPSA) is 74.1 Å². The van der Waals surface area contributed by atoms with Gasteiger partial charge in [-0.1, -0.05) is 50.1 Å². The molecule has 0 aliphatic carbocycles. The number of tetrazole rings is 1. The van der Waals surface area contributed by atoms with Gasteiger partial charge in [0.1, 0.15) is 0 Å². The molecule has 0 aliphatic heterocycles. The Morgan fingerprint density at radius 3 is 2.32 bits per heavy atom. The van der Waals surface area contributed by atoms with Gasteiger partial charge >= 0.3 is 6.01 Å². The van der Waals surface area contributed by atoms with Crippen LogP contribution in [0, 0.1) is 5.41 Å². The quantitative estimate of drug-likeness (QED) is 0.570. The smallest absolute Gasteiger partial charge is 0.346 e. The Balaban J connectivity index is 0.00000341. The zero-order chi connectivity index (χ0) is 21.8. The van der Waals surface area contributed by atoms with Crippen molar-refractivity contribution in [1.82, 2.24) is 25.5 Å². The Kier molecular flexibility index (Phi) is 8.03. The van der Waals surface area contributed by atoms with E-state index in [1.54, 1.807) is 11.8 Å². The molecule has 0 saturated carbocycles. The van der Waals surface area contributed by atoms with Crippen LogP contribution in [0.25, 0.3) is 5.69 Å². The van der Waals surface area contributed by atoms with Crippen molar-refractivity contribution in [3.63, 3.8) is 0 Å². The summed E-state index contributed by atoms with van der Waals surface area (Å²) in [7, 11) is 1.63. The third kappa shape index (κ3) is 6.94. The fourth-order valence-corrected chi connectivity index (χ4v) is 3.71. The molecular formula is C23H31ClN5O2-. The van der Waals surface area contributed by atoms with Gasteiger partial charge in [0.05, 0.1) is 12.8 Å². The van der Waals surface area contributed by atoms with Gasteiger partial charge in [0, 0.05) is 12.1 Å². The highest BCUT2D eigenvalue weighted by atomic mass is 35.5. The van der Waals surface area contributed by atoms with Crippen LogP contribution in [0.3, 0.4) is 0 Å². The molecule has 31 heavy (non-hydrogen) atoms. The molecule has 0 amide bonds. The Labute approximate surface area is 190 Å². The van der Waals surface area contributed by atoms with E-state index < -0.39 is 0 Å². The molecule has 3 aromatic rings. The second-order valence-electron chi connectivity index (χ2n) is 9.27. The molecule has 1 N–H and O–H groups in total. The van der Waals surface area contributed by atoms with Crippen molar-refractivity contribution in [1.29, 1.82) is 0 Å². The van der Waals surface area contributed by atoms with Crippen LogP contribution >= 0.6 is 0 Å². The van der Waals surface area contributed by atoms with E-state index in [1.165, 1.54) is 0 Å². The molecule has 0 fully saturated rings. The van der Waals surface area contributed by atoms with Crippen molar-refractivity contribution in [2.24, 2.45) is 5.41 Å². The number of rotatable bonds is 8. The normalized spacial score (nSPS) is 11.7. The molecular weight excluding hydrogens is 414 g/mol. The average Bonchev–Trinajstić information content (AvgIpc) is 3.14. The molecule has 0 spiro atoms. The largest absolute Gasteiger partial charge is 1.00 e. The van der Waals surface area contributed by atoms with Gasteiger partial charge < -0.3 is 27.2 Å². The molecule has 0 radical (unpaired) electrons. The Bertz CT molecular complexity index is 968. The Morgan fingerprint density at radius 2 is 1.68 bits per heavy atom. The molecule has 0 bridgehead atoms. The van der Waals surface area contributed by atoms with Crippen molar-refractivity contribution in [3.05, 3.63) is 54.1 Å². The molecule has 3 rings (SSSR count). The molecule has 1 heterocycles. The third-order valence-electron chi connectivity index (χ3n) is 4.61. The summed E-state index contributed by atoms with van der Waals surface area (Å²) in [5.41, 5.74) is 2.22. The number of nitrogens with zero attached hydrogens (tertiary/aromatic N) is 4. The number of para-hydroxylation sites is 1. The number of ether oxygens (including phenoxy) is 2. The second-order valence-corrected chi connectivity index (χ2v) is 9.27. The van der Waals surface area contributed by atoms with Crippen LogP contribution in [0.5, 0.6) is 17.5 Å². The minimum Gasteiger partial charge on any atom is -1.00 e. The standard InChI is InChI=1S/C23H31N5O2.ClH/c1-22(2,3)16-23(4,5)24-15-17-12-13-19(20(14-17)29-6)30-21-25-26-27-28(21)18-10-8-7-9-11-18;/h7-14,24H,15-16H2,1-6H3;1H/p-1. The SMILES string of the molecule is COc1cc(CNC(C)(C)CC(C)(C)C)ccc1Oc1nnnn1-c1ccccc1.[Cl-]. The van der Waals surface area contributed by atoms with Gasteiger partial charge in [0.2, 0.25) is 0 Å². The van der Waals surface area contributed by atoms with Gasteiger partial charge in [0.25, 0.3) is 0 Å². The van der Waals surface area contributed by atoms with Gasteiger partial charge in [-0.05, 0) is 65.9 Å². The highest BCUT2D eigenvalue weighted by Gasteiger charge is 2.25. The maximum Gasteiger partial charge on any atom is 0.346 e. The summed E-state index contributed by atoms with van der Waals surface area (Å²) in [6.07, 6.45) is 1.07. The Hall–Kier alpha value is -2.64. The summed E-state index contributed by atoms with van der Waals surface area (Å²) in [5.74, 6) is 1.19. The van der Waals surface area contributed by atoms with Crippen molar-refractivity contribution < 1.29 is 21.9 Å². The highest BCUT2D eigenvalue weighted by Crippen LogP contribution is 2.32.